The van der Waals surface area contributed by atoms with E-state index in [4.69, 9.17) is 18.1 Å². The van der Waals surface area contributed by atoms with Crippen molar-refractivity contribution in [2.75, 3.05) is 5.84 Å². The van der Waals surface area contributed by atoms with Crippen LogP contribution in [0.1, 0.15) is 11.5 Å². The van der Waals surface area contributed by atoms with Crippen molar-refractivity contribution in [1.82, 2.24) is 19.9 Å². The Morgan fingerprint density at radius 3 is 2.88 bits per heavy atom. The number of hydrogen-bond acceptors (Lipinski definition) is 3. The molecule has 0 amide bonds. The lowest BCUT2D eigenvalue weighted by Crippen LogP contribution is -2.13. The number of H-pyrrole nitrogens is 2. The first-order valence-electron chi connectivity index (χ1n) is 5.22. The Kier molecular flexibility index (Phi) is 2.22. The fourth-order valence-corrected chi connectivity index (χ4v) is 2.01. The smallest absolute Gasteiger partial charge is 0.214 e. The van der Waals surface area contributed by atoms with Crippen molar-refractivity contribution in [2.24, 2.45) is 0 Å². The molecule has 0 radical (unpaired) electrons. The first-order valence-corrected chi connectivity index (χ1v) is 5.63. The third-order valence-corrected chi connectivity index (χ3v) is 3.00. The predicted molar refractivity (Wildman–Crippen MR) is 68.7 cm³/mol. The number of nitrogens with one attached hydrogen (secondary N) is 2. The highest BCUT2D eigenvalue weighted by atomic mass is 32.1. The molecule has 17 heavy (non-hydrogen) atoms. The molecule has 3 rings (SSSR count). The van der Waals surface area contributed by atoms with E-state index in [2.05, 4.69) is 27.3 Å². The number of hydrogen-bond donors (Lipinski definition) is 3. The molecule has 2 aromatic heterocycles. The molecule has 0 aliphatic rings. The summed E-state index contributed by atoms with van der Waals surface area (Å²) < 4.78 is 1.82. The molecule has 3 aromatic rings. The molecule has 0 unspecified atom stereocenters. The lowest BCUT2D eigenvalue weighted by molar-refractivity contribution is 0.858. The number of aromatic amines is 2. The minimum Gasteiger partial charge on any atom is -0.358 e. The number of para-hydroxylation sites is 1. The topological polar surface area (TPSA) is 75.4 Å². The second-order valence-corrected chi connectivity index (χ2v) is 4.26. The van der Waals surface area contributed by atoms with Crippen LogP contribution in [0.5, 0.6) is 0 Å². The van der Waals surface area contributed by atoms with E-state index in [0.29, 0.717) is 17.0 Å². The fourth-order valence-electron chi connectivity index (χ4n) is 1.86. The van der Waals surface area contributed by atoms with Gasteiger partial charge in [0.25, 0.3) is 0 Å². The van der Waals surface area contributed by atoms with Crippen LogP contribution in [0, 0.1) is 4.77 Å². The van der Waals surface area contributed by atoms with Crippen molar-refractivity contribution < 1.29 is 0 Å². The summed E-state index contributed by atoms with van der Waals surface area (Å²) in [7, 11) is 0. The van der Waals surface area contributed by atoms with Gasteiger partial charge in [0, 0.05) is 17.6 Å². The van der Waals surface area contributed by atoms with E-state index in [1.54, 1.807) is 0 Å². The van der Waals surface area contributed by atoms with Gasteiger partial charge in [0.15, 0.2) is 5.82 Å². The maximum atomic E-state index is 5.75. The third-order valence-electron chi connectivity index (χ3n) is 2.71. The third kappa shape index (κ3) is 1.72. The summed E-state index contributed by atoms with van der Waals surface area (Å²) in [6, 6.07) is 10.2. The van der Waals surface area contributed by atoms with Gasteiger partial charge in [-0.3, -0.25) is 5.10 Å². The number of nitrogens with zero attached hydrogens (tertiary/aromatic N) is 2. The van der Waals surface area contributed by atoms with Crippen LogP contribution in [0.25, 0.3) is 10.9 Å². The fraction of sp³-hybridized carbons (Fsp3) is 0.0909. The van der Waals surface area contributed by atoms with Crippen LogP contribution < -0.4 is 5.84 Å². The molecule has 0 fully saturated rings. The average molecular weight is 245 g/mol. The van der Waals surface area contributed by atoms with Gasteiger partial charge < -0.3 is 10.8 Å². The van der Waals surface area contributed by atoms with E-state index in [-0.39, 0.29) is 0 Å². The van der Waals surface area contributed by atoms with Gasteiger partial charge in [0.05, 0.1) is 0 Å². The molecule has 0 saturated heterocycles. The van der Waals surface area contributed by atoms with Crippen LogP contribution in [-0.4, -0.2) is 19.9 Å². The van der Waals surface area contributed by atoms with Crippen molar-refractivity contribution in [1.29, 1.82) is 0 Å². The van der Waals surface area contributed by atoms with E-state index in [1.165, 1.54) is 10.1 Å². The standard InChI is InChI=1S/C11H11N5S/c12-16-10(14-15-11(16)17)6-8-5-7-3-1-2-4-9(7)13-8/h1-5,13H,6,12H2,(H,15,17). The van der Waals surface area contributed by atoms with Crippen LogP contribution in [-0.2, 0) is 6.42 Å². The maximum Gasteiger partial charge on any atom is 0.214 e. The second-order valence-electron chi connectivity index (χ2n) is 3.87. The Morgan fingerprint density at radius 1 is 1.35 bits per heavy atom. The van der Waals surface area contributed by atoms with Crippen LogP contribution in [0.2, 0.25) is 0 Å². The zero-order valence-electron chi connectivity index (χ0n) is 8.97. The van der Waals surface area contributed by atoms with Crippen LogP contribution in [0.3, 0.4) is 0 Å². The first-order chi connectivity index (χ1) is 8.24. The zero-order chi connectivity index (χ0) is 11.8. The zero-order valence-corrected chi connectivity index (χ0v) is 9.79. The quantitative estimate of drug-likeness (QED) is 0.475. The molecule has 0 atom stereocenters. The molecule has 5 nitrogen and oxygen atoms in total. The molecule has 0 aliphatic carbocycles. The highest BCUT2D eigenvalue weighted by Crippen LogP contribution is 2.16. The normalized spacial score (nSPS) is 11.1. The van der Waals surface area contributed by atoms with Gasteiger partial charge in [0.1, 0.15) is 0 Å². The van der Waals surface area contributed by atoms with Crippen LogP contribution in [0.4, 0.5) is 0 Å². The molecule has 4 N–H and O–H groups in total. The molecule has 0 spiro atoms. The van der Waals surface area contributed by atoms with Gasteiger partial charge >= 0.3 is 0 Å². The van der Waals surface area contributed by atoms with Crippen LogP contribution in [0.15, 0.2) is 30.3 Å². The van der Waals surface area contributed by atoms with Crippen molar-refractivity contribution in [3.63, 3.8) is 0 Å². The van der Waals surface area contributed by atoms with Gasteiger partial charge in [-0.15, -0.1) is 0 Å². The Morgan fingerprint density at radius 2 is 2.18 bits per heavy atom. The highest BCUT2D eigenvalue weighted by molar-refractivity contribution is 7.71. The number of rotatable bonds is 2. The monoisotopic (exact) mass is 245 g/mol. The average Bonchev–Trinajstić information content (AvgIpc) is 2.87. The minimum atomic E-state index is 0.427. The summed E-state index contributed by atoms with van der Waals surface area (Å²) >= 11 is 4.96. The summed E-state index contributed by atoms with van der Waals surface area (Å²) in [6.07, 6.45) is 0.623. The molecular formula is C11H11N5S. The number of benzene rings is 1. The highest BCUT2D eigenvalue weighted by Gasteiger charge is 2.06. The molecule has 0 aliphatic heterocycles. The van der Waals surface area contributed by atoms with Crippen molar-refractivity contribution in [3.8, 4) is 0 Å². The first kappa shape index (κ1) is 10.1. The van der Waals surface area contributed by atoms with E-state index >= 15 is 0 Å². The summed E-state index contributed by atoms with van der Waals surface area (Å²) in [5.41, 5.74) is 2.17. The Labute approximate surface area is 102 Å². The van der Waals surface area contributed by atoms with E-state index < -0.39 is 0 Å². The SMILES string of the molecule is Nn1c(Cc2cc3ccccc3[nH]2)n[nH]c1=S. The number of nitrogens with two attached hydrogens (primary N) is 1. The van der Waals surface area contributed by atoms with Crippen molar-refractivity contribution in [2.45, 2.75) is 6.42 Å². The molecule has 0 saturated carbocycles. The van der Waals surface area contributed by atoms with Crippen molar-refractivity contribution >= 4 is 23.1 Å². The molecule has 6 heteroatoms. The van der Waals surface area contributed by atoms with Gasteiger partial charge in [0.2, 0.25) is 4.77 Å². The number of fused-ring (bicyclic) bond motifs is 1. The molecule has 86 valence electrons. The van der Waals surface area contributed by atoms with Gasteiger partial charge in [-0.1, -0.05) is 18.2 Å². The molecule has 0 bridgehead atoms. The molecule has 1 aromatic carbocycles. The lowest BCUT2D eigenvalue weighted by atomic mass is 10.2. The van der Waals surface area contributed by atoms with Gasteiger partial charge in [-0.2, -0.15) is 5.10 Å². The molecule has 2 heterocycles. The van der Waals surface area contributed by atoms with E-state index in [0.717, 1.165) is 11.2 Å². The van der Waals surface area contributed by atoms with E-state index in [9.17, 15) is 0 Å². The minimum absolute atomic E-state index is 0.427. The summed E-state index contributed by atoms with van der Waals surface area (Å²) in [4.78, 5) is 3.32. The van der Waals surface area contributed by atoms with Gasteiger partial charge in [-0.05, 0) is 29.7 Å². The van der Waals surface area contributed by atoms with Gasteiger partial charge in [-0.25, -0.2) is 4.68 Å². The molecular weight excluding hydrogens is 234 g/mol. The lowest BCUT2D eigenvalue weighted by Gasteiger charge is -1.97. The summed E-state index contributed by atoms with van der Waals surface area (Å²) in [5.74, 6) is 6.46. The maximum absolute atomic E-state index is 5.75. The Bertz CT molecular complexity index is 688. The summed E-state index contributed by atoms with van der Waals surface area (Å²) in [5, 5.41) is 7.93. The number of nitrogen functional groups attached to an aromatic ring is 1. The van der Waals surface area contributed by atoms with Crippen molar-refractivity contribution in [3.05, 3.63) is 46.6 Å². The second kappa shape index (κ2) is 3.74. The van der Waals surface area contributed by atoms with Crippen LogP contribution >= 0.6 is 12.2 Å². The largest absolute Gasteiger partial charge is 0.358 e. The predicted octanol–water partition coefficient (Wildman–Crippen LogP) is 1.73. The van der Waals surface area contributed by atoms with E-state index in [1.807, 2.05) is 18.2 Å². The number of aromatic nitrogens is 4. The summed E-state index contributed by atoms with van der Waals surface area (Å²) in [6.45, 7) is 0. The Hall–Kier alpha value is -2.08. The Balaban J connectivity index is 2.00.